The molecule has 18 heavy (non-hydrogen) atoms. The number of amides is 1. The van der Waals surface area contributed by atoms with Crippen molar-refractivity contribution in [2.75, 3.05) is 18.0 Å². The van der Waals surface area contributed by atoms with Crippen LogP contribution in [-0.2, 0) is 9.53 Å². The smallest absolute Gasteiger partial charge is 0.258 e. The Morgan fingerprint density at radius 1 is 1.44 bits per heavy atom. The van der Waals surface area contributed by atoms with Crippen molar-refractivity contribution >= 4 is 11.6 Å². The molecule has 1 saturated heterocycles. The highest BCUT2D eigenvalue weighted by Crippen LogP contribution is 2.27. The number of rotatable bonds is 2. The Balaban J connectivity index is 2.30. The second kappa shape index (κ2) is 4.66. The molecule has 5 heteroatoms. The van der Waals surface area contributed by atoms with Gasteiger partial charge in [0.1, 0.15) is 11.4 Å². The second-order valence-corrected chi connectivity index (χ2v) is 4.88. The van der Waals surface area contributed by atoms with Crippen LogP contribution < -0.4 is 10.6 Å². The first-order chi connectivity index (χ1) is 8.44. The Morgan fingerprint density at radius 2 is 2.06 bits per heavy atom. The van der Waals surface area contributed by atoms with Crippen LogP contribution in [0.15, 0.2) is 24.3 Å². The zero-order chi connectivity index (χ0) is 13.3. The maximum atomic E-state index is 12.9. The number of benzene rings is 1. The topological polar surface area (TPSA) is 55.6 Å². The van der Waals surface area contributed by atoms with E-state index in [1.165, 1.54) is 12.1 Å². The highest BCUT2D eigenvalue weighted by atomic mass is 19.1. The summed E-state index contributed by atoms with van der Waals surface area (Å²) in [7, 11) is 0. The van der Waals surface area contributed by atoms with Crippen LogP contribution in [0, 0.1) is 5.82 Å². The molecule has 1 fully saturated rings. The van der Waals surface area contributed by atoms with Crippen LogP contribution >= 0.6 is 0 Å². The van der Waals surface area contributed by atoms with Gasteiger partial charge in [0.25, 0.3) is 5.91 Å². The minimum Gasteiger partial charge on any atom is -0.359 e. The van der Waals surface area contributed by atoms with Gasteiger partial charge in [-0.2, -0.15) is 0 Å². The van der Waals surface area contributed by atoms with E-state index in [1.807, 2.05) is 0 Å². The predicted octanol–water partition coefficient (Wildman–Crippen LogP) is 1.29. The fraction of sp³-hybridized carbons (Fsp3) is 0.462. The van der Waals surface area contributed by atoms with E-state index in [1.54, 1.807) is 30.9 Å². The van der Waals surface area contributed by atoms with Gasteiger partial charge in [0, 0.05) is 12.2 Å². The number of carbonyl (C=O) groups is 1. The van der Waals surface area contributed by atoms with E-state index in [-0.39, 0.29) is 17.8 Å². The molecule has 98 valence electrons. The summed E-state index contributed by atoms with van der Waals surface area (Å²) in [5, 5.41) is 0. The van der Waals surface area contributed by atoms with Gasteiger partial charge in [-0.05, 0) is 38.1 Å². The molecule has 4 nitrogen and oxygen atoms in total. The summed E-state index contributed by atoms with van der Waals surface area (Å²) in [6.07, 6.45) is -0.206. The van der Waals surface area contributed by atoms with Gasteiger partial charge in [0.2, 0.25) is 0 Å². The summed E-state index contributed by atoms with van der Waals surface area (Å²) in [6.45, 7) is 4.17. The largest absolute Gasteiger partial charge is 0.359 e. The molecule has 0 aliphatic carbocycles. The molecule has 2 rings (SSSR count). The normalized spacial score (nSPS) is 23.2. The van der Waals surface area contributed by atoms with Crippen LogP contribution in [0.25, 0.3) is 0 Å². The molecular weight excluding hydrogens is 235 g/mol. The second-order valence-electron chi connectivity index (χ2n) is 4.88. The van der Waals surface area contributed by atoms with Crippen LogP contribution in [0.2, 0.25) is 0 Å². The molecule has 0 radical (unpaired) electrons. The molecule has 1 aromatic carbocycles. The fourth-order valence-corrected chi connectivity index (χ4v) is 2.08. The summed E-state index contributed by atoms with van der Waals surface area (Å²) in [4.78, 5) is 13.9. The predicted molar refractivity (Wildman–Crippen MR) is 66.8 cm³/mol. The third-order valence-electron chi connectivity index (χ3n) is 3.01. The van der Waals surface area contributed by atoms with E-state index in [2.05, 4.69) is 0 Å². The fourth-order valence-electron chi connectivity index (χ4n) is 2.08. The lowest BCUT2D eigenvalue weighted by Crippen LogP contribution is -2.59. The molecule has 1 unspecified atom stereocenters. The molecule has 2 N–H and O–H groups in total. The lowest BCUT2D eigenvalue weighted by molar-refractivity contribution is -0.153. The molecule has 1 atom stereocenters. The molecule has 1 heterocycles. The van der Waals surface area contributed by atoms with Crippen molar-refractivity contribution in [3.8, 4) is 0 Å². The van der Waals surface area contributed by atoms with Crippen molar-refractivity contribution in [3.05, 3.63) is 30.1 Å². The van der Waals surface area contributed by atoms with Crippen LogP contribution in [0.4, 0.5) is 10.1 Å². The van der Waals surface area contributed by atoms with Gasteiger partial charge in [0.05, 0.1) is 12.6 Å². The molecule has 0 bridgehead atoms. The minimum absolute atomic E-state index is 0.140. The molecule has 1 aliphatic rings. The van der Waals surface area contributed by atoms with Crippen LogP contribution in [0.5, 0.6) is 0 Å². The van der Waals surface area contributed by atoms with Crippen molar-refractivity contribution in [1.29, 1.82) is 0 Å². The van der Waals surface area contributed by atoms with Gasteiger partial charge < -0.3 is 15.4 Å². The maximum Gasteiger partial charge on any atom is 0.258 e. The average Bonchev–Trinajstić information content (AvgIpc) is 2.33. The van der Waals surface area contributed by atoms with E-state index >= 15 is 0 Å². The Kier molecular flexibility index (Phi) is 3.36. The summed E-state index contributed by atoms with van der Waals surface area (Å²) in [6, 6.07) is 5.84. The molecule has 0 aromatic heterocycles. The van der Waals surface area contributed by atoms with Crippen molar-refractivity contribution in [1.82, 2.24) is 0 Å². The van der Waals surface area contributed by atoms with E-state index in [4.69, 9.17) is 10.5 Å². The quantitative estimate of drug-likeness (QED) is 0.863. The number of hydrogen-bond donors (Lipinski definition) is 1. The maximum absolute atomic E-state index is 12.9. The van der Waals surface area contributed by atoms with Gasteiger partial charge >= 0.3 is 0 Å². The van der Waals surface area contributed by atoms with Crippen molar-refractivity contribution in [3.63, 3.8) is 0 Å². The molecule has 1 aliphatic heterocycles. The first-order valence-electron chi connectivity index (χ1n) is 5.89. The number of nitrogens with zero attached hydrogens (tertiary/aromatic N) is 1. The molecule has 1 amide bonds. The third kappa shape index (κ3) is 2.37. The monoisotopic (exact) mass is 252 g/mol. The van der Waals surface area contributed by atoms with Crippen LogP contribution in [-0.4, -0.2) is 30.7 Å². The Bertz CT molecular complexity index is 445. The van der Waals surface area contributed by atoms with E-state index < -0.39 is 5.60 Å². The first kappa shape index (κ1) is 13.0. The summed E-state index contributed by atoms with van der Waals surface area (Å²) < 4.78 is 18.5. The molecule has 0 saturated carbocycles. The standard InChI is InChI=1S/C13H17FN2O2/c1-13(2)12(17)16(8-11(7-15)18-13)10-5-3-9(14)4-6-10/h3-6,11H,7-8,15H2,1-2H3. The van der Waals surface area contributed by atoms with Crippen molar-refractivity contribution in [2.45, 2.75) is 25.6 Å². The Morgan fingerprint density at radius 3 is 2.61 bits per heavy atom. The average molecular weight is 252 g/mol. The Labute approximate surface area is 106 Å². The summed E-state index contributed by atoms with van der Waals surface area (Å²) in [5.41, 5.74) is 5.37. The van der Waals surface area contributed by atoms with Crippen LogP contribution in [0.3, 0.4) is 0 Å². The number of morpholine rings is 1. The number of hydrogen-bond acceptors (Lipinski definition) is 3. The van der Waals surface area contributed by atoms with Gasteiger partial charge in [-0.15, -0.1) is 0 Å². The minimum atomic E-state index is -0.906. The molecular formula is C13H17FN2O2. The van der Waals surface area contributed by atoms with Crippen molar-refractivity contribution < 1.29 is 13.9 Å². The lowest BCUT2D eigenvalue weighted by Gasteiger charge is -2.41. The number of nitrogens with two attached hydrogens (primary N) is 1. The summed E-state index contributed by atoms with van der Waals surface area (Å²) >= 11 is 0. The summed E-state index contributed by atoms with van der Waals surface area (Å²) in [5.74, 6) is -0.465. The highest BCUT2D eigenvalue weighted by Gasteiger charge is 2.41. The number of carbonyl (C=O) groups excluding carboxylic acids is 1. The van der Waals surface area contributed by atoms with E-state index in [9.17, 15) is 9.18 Å². The van der Waals surface area contributed by atoms with Gasteiger partial charge in [-0.3, -0.25) is 4.79 Å². The van der Waals surface area contributed by atoms with Gasteiger partial charge in [-0.25, -0.2) is 4.39 Å². The first-order valence-corrected chi connectivity index (χ1v) is 5.89. The van der Waals surface area contributed by atoms with Crippen LogP contribution in [0.1, 0.15) is 13.8 Å². The number of ether oxygens (including phenoxy) is 1. The SMILES string of the molecule is CC1(C)OC(CN)CN(c2ccc(F)cc2)C1=O. The van der Waals surface area contributed by atoms with Gasteiger partial charge in [0.15, 0.2) is 0 Å². The van der Waals surface area contributed by atoms with E-state index in [0.29, 0.717) is 18.8 Å². The molecule has 0 spiro atoms. The van der Waals surface area contributed by atoms with E-state index in [0.717, 1.165) is 0 Å². The van der Waals surface area contributed by atoms with Gasteiger partial charge in [-0.1, -0.05) is 0 Å². The zero-order valence-electron chi connectivity index (χ0n) is 10.5. The molecule has 1 aromatic rings. The Hall–Kier alpha value is -1.46. The third-order valence-corrected chi connectivity index (χ3v) is 3.01. The van der Waals surface area contributed by atoms with Crippen molar-refractivity contribution in [2.24, 2.45) is 5.73 Å². The lowest BCUT2D eigenvalue weighted by atomic mass is 10.0. The zero-order valence-corrected chi connectivity index (χ0v) is 10.5. The number of halogens is 1. The number of anilines is 1. The highest BCUT2D eigenvalue weighted by molar-refractivity contribution is 5.99.